The molecule has 2 aromatic rings. The second-order valence-corrected chi connectivity index (χ2v) is 4.29. The van der Waals surface area contributed by atoms with Crippen LogP contribution in [-0.4, -0.2) is 10.5 Å². The summed E-state index contributed by atoms with van der Waals surface area (Å²) in [5.74, 6) is -0.225. The molecule has 1 heterocycles. The average molecular weight is 230 g/mol. The number of aromatic nitrogens is 1. The van der Waals surface area contributed by atoms with Crippen LogP contribution < -0.4 is 5.73 Å². The summed E-state index contributed by atoms with van der Waals surface area (Å²) in [4.78, 5) is 10.7. The summed E-state index contributed by atoms with van der Waals surface area (Å²) in [6.07, 6.45) is 4.47. The first-order valence-electron chi connectivity index (χ1n) is 6.07. The topological polar surface area (TPSA) is 48.0 Å². The molecule has 0 atom stereocenters. The molecule has 0 aliphatic rings. The van der Waals surface area contributed by atoms with E-state index in [4.69, 9.17) is 5.73 Å². The zero-order chi connectivity index (χ0) is 12.3. The van der Waals surface area contributed by atoms with Gasteiger partial charge in [-0.1, -0.05) is 25.1 Å². The molecule has 0 aliphatic carbocycles. The largest absolute Gasteiger partial charge is 0.370 e. The number of nitrogens with zero attached hydrogens (tertiary/aromatic N) is 1. The van der Waals surface area contributed by atoms with Crippen LogP contribution in [0, 0.1) is 0 Å². The third-order valence-electron chi connectivity index (χ3n) is 3.07. The summed E-state index contributed by atoms with van der Waals surface area (Å²) < 4.78 is 2.22. The molecule has 1 amide bonds. The highest BCUT2D eigenvalue weighted by Crippen LogP contribution is 2.22. The molecule has 0 radical (unpaired) electrons. The Morgan fingerprint density at radius 3 is 2.82 bits per heavy atom. The van der Waals surface area contributed by atoms with Gasteiger partial charge in [0.2, 0.25) is 5.91 Å². The summed E-state index contributed by atoms with van der Waals surface area (Å²) in [5.41, 5.74) is 7.76. The fraction of sp³-hybridized carbons (Fsp3) is 0.357. The lowest BCUT2D eigenvalue weighted by Crippen LogP contribution is -2.11. The van der Waals surface area contributed by atoms with Crippen LogP contribution in [0.5, 0.6) is 0 Å². The van der Waals surface area contributed by atoms with Crippen LogP contribution in [0.4, 0.5) is 0 Å². The normalized spacial score (nSPS) is 10.9. The van der Waals surface area contributed by atoms with Gasteiger partial charge in [-0.15, -0.1) is 0 Å². The maximum absolute atomic E-state index is 10.7. The molecule has 2 N–H and O–H groups in total. The standard InChI is InChI=1S/C14H18N2O/c1-2-11-10-16(9-5-8-14(15)17)13-7-4-3-6-12(11)13/h3-4,6-7,10H,2,5,8-9H2,1H3,(H2,15,17). The second kappa shape index (κ2) is 5.04. The van der Waals surface area contributed by atoms with Crippen molar-refractivity contribution in [2.45, 2.75) is 32.7 Å². The van der Waals surface area contributed by atoms with Gasteiger partial charge >= 0.3 is 0 Å². The van der Waals surface area contributed by atoms with Crippen molar-refractivity contribution in [2.24, 2.45) is 5.73 Å². The van der Waals surface area contributed by atoms with Crippen molar-refractivity contribution in [3.8, 4) is 0 Å². The van der Waals surface area contributed by atoms with Gasteiger partial charge in [0.05, 0.1) is 0 Å². The monoisotopic (exact) mass is 230 g/mol. The number of amides is 1. The fourth-order valence-corrected chi connectivity index (χ4v) is 2.21. The van der Waals surface area contributed by atoms with Crippen LogP contribution >= 0.6 is 0 Å². The minimum absolute atomic E-state index is 0.225. The summed E-state index contributed by atoms with van der Waals surface area (Å²) in [6, 6.07) is 8.39. The average Bonchev–Trinajstić information content (AvgIpc) is 2.68. The van der Waals surface area contributed by atoms with Crippen molar-refractivity contribution >= 4 is 16.8 Å². The van der Waals surface area contributed by atoms with Crippen molar-refractivity contribution in [3.63, 3.8) is 0 Å². The lowest BCUT2D eigenvalue weighted by atomic mass is 10.1. The molecule has 0 aliphatic heterocycles. The molecule has 2 rings (SSSR count). The number of aryl methyl sites for hydroxylation is 2. The summed E-state index contributed by atoms with van der Waals surface area (Å²) in [5, 5.41) is 1.31. The summed E-state index contributed by atoms with van der Waals surface area (Å²) in [6.45, 7) is 3.01. The van der Waals surface area contributed by atoms with Gasteiger partial charge < -0.3 is 10.3 Å². The summed E-state index contributed by atoms with van der Waals surface area (Å²) in [7, 11) is 0. The Labute approximate surface area is 101 Å². The fourth-order valence-electron chi connectivity index (χ4n) is 2.21. The zero-order valence-corrected chi connectivity index (χ0v) is 10.1. The second-order valence-electron chi connectivity index (χ2n) is 4.29. The molecule has 0 spiro atoms. The van der Waals surface area contributed by atoms with Gasteiger partial charge in [-0.3, -0.25) is 4.79 Å². The van der Waals surface area contributed by atoms with Crippen LogP contribution in [0.15, 0.2) is 30.5 Å². The highest BCUT2D eigenvalue weighted by Gasteiger charge is 2.06. The molecule has 0 unspecified atom stereocenters. The molecular weight excluding hydrogens is 212 g/mol. The van der Waals surface area contributed by atoms with E-state index in [-0.39, 0.29) is 5.91 Å². The van der Waals surface area contributed by atoms with Gasteiger partial charge in [0, 0.05) is 30.1 Å². The van der Waals surface area contributed by atoms with E-state index >= 15 is 0 Å². The minimum atomic E-state index is -0.225. The van der Waals surface area contributed by atoms with Crippen LogP contribution in [-0.2, 0) is 17.8 Å². The van der Waals surface area contributed by atoms with E-state index in [0.29, 0.717) is 6.42 Å². The number of carbonyl (C=O) groups is 1. The van der Waals surface area contributed by atoms with Crippen LogP contribution in [0.2, 0.25) is 0 Å². The first-order valence-corrected chi connectivity index (χ1v) is 6.07. The molecule has 17 heavy (non-hydrogen) atoms. The van der Waals surface area contributed by atoms with E-state index in [1.807, 2.05) is 6.07 Å². The maximum atomic E-state index is 10.7. The quantitative estimate of drug-likeness (QED) is 0.842. The number of hydrogen-bond donors (Lipinski definition) is 1. The molecule has 3 nitrogen and oxygen atoms in total. The van der Waals surface area contributed by atoms with E-state index in [0.717, 1.165) is 19.4 Å². The Hall–Kier alpha value is -1.77. The molecule has 0 fully saturated rings. The minimum Gasteiger partial charge on any atom is -0.370 e. The van der Waals surface area contributed by atoms with E-state index in [2.05, 4.69) is 35.9 Å². The Morgan fingerprint density at radius 2 is 2.12 bits per heavy atom. The number of benzene rings is 1. The Morgan fingerprint density at radius 1 is 1.35 bits per heavy atom. The van der Waals surface area contributed by atoms with Gasteiger partial charge in [0.1, 0.15) is 0 Å². The van der Waals surface area contributed by atoms with Gasteiger partial charge in [0.15, 0.2) is 0 Å². The number of rotatable bonds is 5. The van der Waals surface area contributed by atoms with Crippen LogP contribution in [0.1, 0.15) is 25.3 Å². The zero-order valence-electron chi connectivity index (χ0n) is 10.1. The van der Waals surface area contributed by atoms with Gasteiger partial charge in [0.25, 0.3) is 0 Å². The number of fused-ring (bicyclic) bond motifs is 1. The third-order valence-corrected chi connectivity index (χ3v) is 3.07. The van der Waals surface area contributed by atoms with Crippen LogP contribution in [0.3, 0.4) is 0 Å². The van der Waals surface area contributed by atoms with Gasteiger partial charge in [-0.2, -0.15) is 0 Å². The molecular formula is C14H18N2O. The maximum Gasteiger partial charge on any atom is 0.217 e. The van der Waals surface area contributed by atoms with Crippen molar-refractivity contribution in [3.05, 3.63) is 36.0 Å². The Kier molecular flexibility index (Phi) is 3.47. The van der Waals surface area contributed by atoms with Gasteiger partial charge in [-0.25, -0.2) is 0 Å². The lowest BCUT2D eigenvalue weighted by molar-refractivity contribution is -0.118. The smallest absolute Gasteiger partial charge is 0.217 e. The molecule has 0 saturated carbocycles. The number of nitrogens with two attached hydrogens (primary N) is 1. The number of carbonyl (C=O) groups excluding carboxylic acids is 1. The lowest BCUT2D eigenvalue weighted by Gasteiger charge is -2.03. The van der Waals surface area contributed by atoms with Crippen molar-refractivity contribution in [1.82, 2.24) is 4.57 Å². The predicted molar refractivity (Wildman–Crippen MR) is 69.7 cm³/mol. The first kappa shape index (κ1) is 11.7. The number of para-hydroxylation sites is 1. The number of hydrogen-bond acceptors (Lipinski definition) is 1. The summed E-state index contributed by atoms with van der Waals surface area (Å²) >= 11 is 0. The SMILES string of the molecule is CCc1cn(CCCC(N)=O)c2ccccc12. The highest BCUT2D eigenvalue weighted by atomic mass is 16.1. The van der Waals surface area contributed by atoms with Crippen molar-refractivity contribution < 1.29 is 4.79 Å². The Balaban J connectivity index is 2.24. The molecule has 0 bridgehead atoms. The predicted octanol–water partition coefficient (Wildman–Crippen LogP) is 2.47. The van der Waals surface area contributed by atoms with E-state index < -0.39 is 0 Å². The van der Waals surface area contributed by atoms with E-state index in [9.17, 15) is 4.79 Å². The third kappa shape index (κ3) is 2.49. The molecule has 3 heteroatoms. The molecule has 1 aromatic heterocycles. The van der Waals surface area contributed by atoms with E-state index in [1.165, 1.54) is 16.5 Å². The molecule has 90 valence electrons. The van der Waals surface area contributed by atoms with Crippen molar-refractivity contribution in [2.75, 3.05) is 0 Å². The van der Waals surface area contributed by atoms with E-state index in [1.54, 1.807) is 0 Å². The number of primary amides is 1. The Bertz CT molecular complexity index is 528. The van der Waals surface area contributed by atoms with Crippen LogP contribution in [0.25, 0.3) is 10.9 Å². The van der Waals surface area contributed by atoms with Crippen molar-refractivity contribution in [1.29, 1.82) is 0 Å². The highest BCUT2D eigenvalue weighted by molar-refractivity contribution is 5.84. The first-order chi connectivity index (χ1) is 8.22. The molecule has 1 aromatic carbocycles. The molecule has 0 saturated heterocycles. The van der Waals surface area contributed by atoms with Gasteiger partial charge in [-0.05, 0) is 24.5 Å².